The summed E-state index contributed by atoms with van der Waals surface area (Å²) in [5.74, 6) is -0.253. The van der Waals surface area contributed by atoms with Gasteiger partial charge in [-0.25, -0.2) is 0 Å². The van der Waals surface area contributed by atoms with E-state index in [-0.39, 0.29) is 11.5 Å². The van der Waals surface area contributed by atoms with Crippen molar-refractivity contribution in [2.24, 2.45) is 5.73 Å². The van der Waals surface area contributed by atoms with Gasteiger partial charge in [0.15, 0.2) is 0 Å². The molecule has 1 fully saturated rings. The molecule has 1 unspecified atom stereocenters. The van der Waals surface area contributed by atoms with Crippen LogP contribution in [0.5, 0.6) is 0 Å². The molecule has 0 bridgehead atoms. The minimum absolute atomic E-state index is 0.126. The number of nitrogens with one attached hydrogen (secondary N) is 1. The van der Waals surface area contributed by atoms with E-state index in [1.54, 1.807) is 7.11 Å². The van der Waals surface area contributed by atoms with E-state index in [2.05, 4.69) is 19.2 Å². The fourth-order valence-electron chi connectivity index (χ4n) is 2.15. The van der Waals surface area contributed by atoms with Crippen molar-refractivity contribution >= 4 is 5.91 Å². The minimum Gasteiger partial charge on any atom is -0.381 e. The number of rotatable bonds is 12. The predicted octanol–water partition coefficient (Wildman–Crippen LogP) is 1.98. The Hall–Kier alpha value is -0.650. The first-order chi connectivity index (χ1) is 9.79. The van der Waals surface area contributed by atoms with Crippen LogP contribution in [0.4, 0.5) is 0 Å². The highest BCUT2D eigenvalue weighted by atomic mass is 16.5. The van der Waals surface area contributed by atoms with Crippen LogP contribution >= 0.6 is 0 Å². The van der Waals surface area contributed by atoms with Gasteiger partial charge in [-0.3, -0.25) is 4.79 Å². The highest BCUT2D eigenvalue weighted by Gasteiger charge is 2.36. The molecular weight excluding hydrogens is 268 g/mol. The van der Waals surface area contributed by atoms with Gasteiger partial charge in [0.25, 0.3) is 0 Å². The Morgan fingerprint density at radius 3 is 2.38 bits per heavy atom. The van der Waals surface area contributed by atoms with E-state index in [9.17, 15) is 4.79 Å². The average molecular weight is 300 g/mol. The molecule has 0 aromatic carbocycles. The Labute approximate surface area is 128 Å². The van der Waals surface area contributed by atoms with Gasteiger partial charge < -0.3 is 20.5 Å². The second-order valence-corrected chi connectivity index (χ2v) is 6.90. The normalized spacial score (nSPS) is 18.5. The molecule has 1 atom stereocenters. The molecule has 1 amide bonds. The standard InChI is InChI=1S/C16H32N2O3/c1-15(2,20-4)10-12-21-11-6-5-9-16(3,14(17)19)18-13-7-8-13/h13,18H,5-12H2,1-4H3,(H2,17,19). The summed E-state index contributed by atoms with van der Waals surface area (Å²) in [6.07, 6.45) is 5.84. The number of carbonyl (C=O) groups is 1. The summed E-state index contributed by atoms with van der Waals surface area (Å²) >= 11 is 0. The molecule has 5 nitrogen and oxygen atoms in total. The molecule has 1 rings (SSSR count). The highest BCUT2D eigenvalue weighted by molar-refractivity contribution is 5.84. The Balaban J connectivity index is 2.10. The van der Waals surface area contributed by atoms with E-state index in [4.69, 9.17) is 15.2 Å². The molecule has 1 aliphatic rings. The quantitative estimate of drug-likeness (QED) is 0.541. The molecule has 1 aliphatic carbocycles. The lowest BCUT2D eigenvalue weighted by Gasteiger charge is -2.27. The van der Waals surface area contributed by atoms with E-state index < -0.39 is 5.54 Å². The van der Waals surface area contributed by atoms with Crippen LogP contribution in [0, 0.1) is 0 Å². The second-order valence-electron chi connectivity index (χ2n) is 6.90. The van der Waals surface area contributed by atoms with Gasteiger partial charge in [0, 0.05) is 26.4 Å². The zero-order valence-corrected chi connectivity index (χ0v) is 14.0. The summed E-state index contributed by atoms with van der Waals surface area (Å²) in [6, 6.07) is 0.482. The Kier molecular flexibility index (Phi) is 7.10. The van der Waals surface area contributed by atoms with Crippen LogP contribution in [0.3, 0.4) is 0 Å². The molecule has 5 heteroatoms. The van der Waals surface area contributed by atoms with E-state index >= 15 is 0 Å². The molecule has 0 heterocycles. The van der Waals surface area contributed by atoms with Crippen LogP contribution in [-0.2, 0) is 14.3 Å². The van der Waals surface area contributed by atoms with Crippen molar-refractivity contribution < 1.29 is 14.3 Å². The molecule has 1 saturated carbocycles. The fraction of sp³-hybridized carbons (Fsp3) is 0.938. The number of methoxy groups -OCH3 is 1. The molecule has 0 aliphatic heterocycles. The number of amides is 1. The summed E-state index contributed by atoms with van der Waals surface area (Å²) in [6.45, 7) is 7.44. The second kappa shape index (κ2) is 8.11. The number of hydrogen-bond acceptors (Lipinski definition) is 4. The van der Waals surface area contributed by atoms with E-state index in [0.29, 0.717) is 12.6 Å². The molecule has 0 radical (unpaired) electrons. The molecule has 21 heavy (non-hydrogen) atoms. The van der Waals surface area contributed by atoms with Gasteiger partial charge in [0.1, 0.15) is 0 Å². The van der Waals surface area contributed by atoms with Gasteiger partial charge >= 0.3 is 0 Å². The van der Waals surface area contributed by atoms with Gasteiger partial charge in [-0.2, -0.15) is 0 Å². The Morgan fingerprint density at radius 2 is 1.86 bits per heavy atom. The van der Waals surface area contributed by atoms with Crippen molar-refractivity contribution in [3.8, 4) is 0 Å². The number of unbranched alkanes of at least 4 members (excludes halogenated alkanes) is 1. The SMILES string of the molecule is COC(C)(C)CCOCCCCC(C)(NC1CC1)C(N)=O. The van der Waals surface area contributed by atoms with Crippen molar-refractivity contribution in [3.05, 3.63) is 0 Å². The van der Waals surface area contributed by atoms with Crippen LogP contribution in [-0.4, -0.2) is 43.4 Å². The lowest BCUT2D eigenvalue weighted by molar-refractivity contribution is -0.124. The molecule has 0 aromatic heterocycles. The first-order valence-electron chi connectivity index (χ1n) is 7.99. The van der Waals surface area contributed by atoms with E-state index in [0.717, 1.165) is 45.1 Å². The third kappa shape index (κ3) is 7.25. The third-order valence-electron chi connectivity index (χ3n) is 4.26. The zero-order valence-electron chi connectivity index (χ0n) is 14.0. The monoisotopic (exact) mass is 300 g/mol. The molecule has 3 N–H and O–H groups in total. The van der Waals surface area contributed by atoms with Gasteiger partial charge in [0.2, 0.25) is 5.91 Å². The van der Waals surface area contributed by atoms with Gasteiger partial charge in [-0.05, 0) is 59.3 Å². The fourth-order valence-corrected chi connectivity index (χ4v) is 2.15. The zero-order chi connectivity index (χ0) is 15.9. The number of primary amides is 1. The Bertz CT molecular complexity index is 329. The topological polar surface area (TPSA) is 73.6 Å². The van der Waals surface area contributed by atoms with Crippen molar-refractivity contribution in [2.75, 3.05) is 20.3 Å². The molecule has 0 saturated heterocycles. The summed E-state index contributed by atoms with van der Waals surface area (Å²) < 4.78 is 11.0. The number of ether oxygens (including phenoxy) is 2. The first-order valence-corrected chi connectivity index (χ1v) is 7.99. The molecule has 0 aromatic rings. The highest BCUT2D eigenvalue weighted by Crippen LogP contribution is 2.25. The minimum atomic E-state index is -0.570. The maximum absolute atomic E-state index is 11.6. The Morgan fingerprint density at radius 1 is 1.19 bits per heavy atom. The maximum Gasteiger partial charge on any atom is 0.237 e. The van der Waals surface area contributed by atoms with E-state index in [1.165, 1.54) is 0 Å². The maximum atomic E-state index is 11.6. The third-order valence-corrected chi connectivity index (χ3v) is 4.26. The predicted molar refractivity (Wildman–Crippen MR) is 84.1 cm³/mol. The van der Waals surface area contributed by atoms with Crippen LogP contribution in [0.15, 0.2) is 0 Å². The molecular formula is C16H32N2O3. The van der Waals surface area contributed by atoms with Crippen molar-refractivity contribution in [3.63, 3.8) is 0 Å². The molecule has 124 valence electrons. The first kappa shape index (κ1) is 18.4. The van der Waals surface area contributed by atoms with Crippen LogP contribution in [0.25, 0.3) is 0 Å². The number of hydrogen-bond donors (Lipinski definition) is 2. The van der Waals surface area contributed by atoms with Crippen LogP contribution in [0.1, 0.15) is 59.3 Å². The lowest BCUT2D eigenvalue weighted by atomic mass is 9.94. The largest absolute Gasteiger partial charge is 0.381 e. The number of carbonyl (C=O) groups excluding carboxylic acids is 1. The number of nitrogens with two attached hydrogens (primary N) is 1. The summed E-state index contributed by atoms with van der Waals surface area (Å²) in [5, 5.41) is 3.36. The summed E-state index contributed by atoms with van der Waals surface area (Å²) in [4.78, 5) is 11.6. The van der Waals surface area contributed by atoms with Crippen LogP contribution < -0.4 is 11.1 Å². The smallest absolute Gasteiger partial charge is 0.237 e. The van der Waals surface area contributed by atoms with Crippen molar-refractivity contribution in [1.29, 1.82) is 0 Å². The van der Waals surface area contributed by atoms with Gasteiger partial charge in [-0.15, -0.1) is 0 Å². The average Bonchev–Trinajstić information content (AvgIpc) is 3.21. The van der Waals surface area contributed by atoms with Crippen LogP contribution in [0.2, 0.25) is 0 Å². The summed E-state index contributed by atoms with van der Waals surface area (Å²) in [7, 11) is 1.72. The molecule has 0 spiro atoms. The summed E-state index contributed by atoms with van der Waals surface area (Å²) in [5.41, 5.74) is 4.83. The van der Waals surface area contributed by atoms with Gasteiger partial charge in [0.05, 0.1) is 11.1 Å². The van der Waals surface area contributed by atoms with Crippen molar-refractivity contribution in [1.82, 2.24) is 5.32 Å². The van der Waals surface area contributed by atoms with Gasteiger partial charge in [-0.1, -0.05) is 0 Å². The van der Waals surface area contributed by atoms with E-state index in [1.807, 2.05) is 6.92 Å². The lowest BCUT2D eigenvalue weighted by Crippen LogP contribution is -2.53. The van der Waals surface area contributed by atoms with Crippen molar-refractivity contribution in [2.45, 2.75) is 76.5 Å².